The lowest BCUT2D eigenvalue weighted by Gasteiger charge is -2.10. The van der Waals surface area contributed by atoms with Crippen LogP contribution in [0, 0.1) is 0 Å². The zero-order chi connectivity index (χ0) is 12.3. The van der Waals surface area contributed by atoms with Gasteiger partial charge in [-0.1, -0.05) is 35.3 Å². The highest BCUT2D eigenvalue weighted by atomic mass is 35.5. The Morgan fingerprint density at radius 2 is 2.06 bits per heavy atom. The van der Waals surface area contributed by atoms with Crippen LogP contribution in [-0.2, 0) is 6.54 Å². The van der Waals surface area contributed by atoms with E-state index in [-0.39, 0.29) is 0 Å². The van der Waals surface area contributed by atoms with E-state index in [4.69, 9.17) is 23.2 Å². The van der Waals surface area contributed by atoms with E-state index in [1.807, 2.05) is 10.8 Å². The summed E-state index contributed by atoms with van der Waals surface area (Å²) in [5, 5.41) is 4.24. The van der Waals surface area contributed by atoms with Gasteiger partial charge in [-0.25, -0.2) is 4.98 Å². The predicted octanol–water partition coefficient (Wildman–Crippen LogP) is 4.12. The van der Waals surface area contributed by atoms with Gasteiger partial charge >= 0.3 is 0 Å². The van der Waals surface area contributed by atoms with E-state index >= 15 is 0 Å². The van der Waals surface area contributed by atoms with Crippen LogP contribution in [0.4, 0.5) is 11.6 Å². The molecule has 1 aromatic carbocycles. The Labute approximate surface area is 110 Å². The summed E-state index contributed by atoms with van der Waals surface area (Å²) in [6, 6.07) is 5.35. The number of nitrogens with zero attached hydrogens (tertiary/aromatic N) is 2. The Morgan fingerprint density at radius 1 is 1.35 bits per heavy atom. The predicted molar refractivity (Wildman–Crippen MR) is 72.2 cm³/mol. The Bertz CT molecular complexity index is 514. The van der Waals surface area contributed by atoms with Crippen molar-refractivity contribution in [2.75, 3.05) is 5.32 Å². The first-order valence-corrected chi connectivity index (χ1v) is 5.81. The van der Waals surface area contributed by atoms with E-state index in [9.17, 15) is 0 Å². The molecule has 1 N–H and O–H groups in total. The van der Waals surface area contributed by atoms with Crippen molar-refractivity contribution >= 4 is 34.8 Å². The summed E-state index contributed by atoms with van der Waals surface area (Å²) in [5.41, 5.74) is 0.660. The van der Waals surface area contributed by atoms with Gasteiger partial charge in [-0.3, -0.25) is 0 Å². The number of nitrogens with one attached hydrogen (secondary N) is 1. The van der Waals surface area contributed by atoms with Crippen LogP contribution in [0.5, 0.6) is 0 Å². The van der Waals surface area contributed by atoms with Crippen LogP contribution in [0.1, 0.15) is 0 Å². The van der Waals surface area contributed by atoms with Gasteiger partial charge in [0.2, 0.25) is 5.95 Å². The third-order valence-electron chi connectivity index (χ3n) is 2.24. The number of benzene rings is 1. The van der Waals surface area contributed by atoms with Gasteiger partial charge in [0.05, 0.1) is 15.7 Å². The molecule has 1 heterocycles. The number of para-hydroxylation sites is 1. The van der Waals surface area contributed by atoms with E-state index in [1.54, 1.807) is 30.5 Å². The quantitative estimate of drug-likeness (QED) is 0.845. The van der Waals surface area contributed by atoms with E-state index in [2.05, 4.69) is 16.9 Å². The van der Waals surface area contributed by atoms with Crippen LogP contribution in [0.3, 0.4) is 0 Å². The molecule has 0 atom stereocenters. The van der Waals surface area contributed by atoms with Gasteiger partial charge in [0.1, 0.15) is 0 Å². The SMILES string of the molecule is C=CCn1ccnc1Nc1c(Cl)cccc1Cl. The van der Waals surface area contributed by atoms with Crippen molar-refractivity contribution in [3.05, 3.63) is 53.3 Å². The van der Waals surface area contributed by atoms with E-state index < -0.39 is 0 Å². The lowest BCUT2D eigenvalue weighted by molar-refractivity contribution is 0.833. The highest BCUT2D eigenvalue weighted by molar-refractivity contribution is 6.39. The maximum absolute atomic E-state index is 6.07. The van der Waals surface area contributed by atoms with Crippen LogP contribution in [0.15, 0.2) is 43.2 Å². The zero-order valence-corrected chi connectivity index (χ0v) is 10.5. The maximum atomic E-state index is 6.07. The van der Waals surface area contributed by atoms with Crippen molar-refractivity contribution in [2.45, 2.75) is 6.54 Å². The minimum absolute atomic E-state index is 0.561. The molecule has 0 unspecified atom stereocenters. The summed E-state index contributed by atoms with van der Waals surface area (Å²) in [5.74, 6) is 0.680. The van der Waals surface area contributed by atoms with Crippen molar-refractivity contribution in [1.29, 1.82) is 0 Å². The molecule has 5 heteroatoms. The molecule has 0 spiro atoms. The van der Waals surface area contributed by atoms with Crippen LogP contribution < -0.4 is 5.32 Å². The number of allylic oxidation sites excluding steroid dienone is 1. The number of rotatable bonds is 4. The van der Waals surface area contributed by atoms with Gasteiger partial charge in [-0.2, -0.15) is 0 Å². The fourth-order valence-electron chi connectivity index (χ4n) is 1.45. The molecule has 3 nitrogen and oxygen atoms in total. The molecule has 0 aliphatic rings. The lowest BCUT2D eigenvalue weighted by Crippen LogP contribution is -2.02. The summed E-state index contributed by atoms with van der Waals surface area (Å²) in [6.45, 7) is 4.36. The molecule has 0 radical (unpaired) electrons. The molecule has 0 aliphatic heterocycles. The smallest absolute Gasteiger partial charge is 0.207 e. The number of aromatic nitrogens is 2. The van der Waals surface area contributed by atoms with E-state index in [1.165, 1.54) is 0 Å². The molecular weight excluding hydrogens is 257 g/mol. The average molecular weight is 268 g/mol. The molecule has 0 amide bonds. The third kappa shape index (κ3) is 2.62. The lowest BCUT2D eigenvalue weighted by atomic mass is 10.3. The van der Waals surface area contributed by atoms with E-state index in [0.29, 0.717) is 28.2 Å². The second-order valence-electron chi connectivity index (χ2n) is 3.41. The van der Waals surface area contributed by atoms with Crippen LogP contribution in [0.2, 0.25) is 10.0 Å². The van der Waals surface area contributed by atoms with Gasteiger partial charge in [0.25, 0.3) is 0 Å². The first-order valence-electron chi connectivity index (χ1n) is 5.05. The zero-order valence-electron chi connectivity index (χ0n) is 9.03. The monoisotopic (exact) mass is 267 g/mol. The Morgan fingerprint density at radius 3 is 2.71 bits per heavy atom. The van der Waals surface area contributed by atoms with Crippen molar-refractivity contribution in [3.63, 3.8) is 0 Å². The summed E-state index contributed by atoms with van der Waals surface area (Å²) < 4.78 is 1.91. The molecule has 0 fully saturated rings. The topological polar surface area (TPSA) is 29.9 Å². The molecule has 2 aromatic rings. The number of halogens is 2. The second-order valence-corrected chi connectivity index (χ2v) is 4.23. The third-order valence-corrected chi connectivity index (χ3v) is 2.87. The van der Waals surface area contributed by atoms with Gasteiger partial charge in [-0.15, -0.1) is 6.58 Å². The Hall–Kier alpha value is -1.45. The number of hydrogen-bond donors (Lipinski definition) is 1. The van der Waals surface area contributed by atoms with Gasteiger partial charge < -0.3 is 9.88 Å². The van der Waals surface area contributed by atoms with Crippen molar-refractivity contribution in [3.8, 4) is 0 Å². The molecular formula is C12H11Cl2N3. The van der Waals surface area contributed by atoms with Crippen LogP contribution >= 0.6 is 23.2 Å². The number of hydrogen-bond acceptors (Lipinski definition) is 2. The molecule has 1 aromatic heterocycles. The highest BCUT2D eigenvalue weighted by Gasteiger charge is 2.08. The van der Waals surface area contributed by atoms with Gasteiger partial charge in [0.15, 0.2) is 0 Å². The minimum Gasteiger partial charge on any atom is -0.323 e. The van der Waals surface area contributed by atoms with Crippen molar-refractivity contribution in [2.24, 2.45) is 0 Å². The Balaban J connectivity index is 2.31. The first kappa shape index (κ1) is 12.0. The average Bonchev–Trinajstić information content (AvgIpc) is 2.72. The Kier molecular flexibility index (Phi) is 3.71. The molecule has 0 bridgehead atoms. The molecule has 0 saturated heterocycles. The first-order chi connectivity index (χ1) is 8.22. The fraction of sp³-hybridized carbons (Fsp3) is 0.0833. The van der Waals surface area contributed by atoms with Crippen molar-refractivity contribution < 1.29 is 0 Å². The van der Waals surface area contributed by atoms with Crippen LogP contribution in [0.25, 0.3) is 0 Å². The van der Waals surface area contributed by atoms with E-state index in [0.717, 1.165) is 0 Å². The molecule has 0 aliphatic carbocycles. The standard InChI is InChI=1S/C12H11Cl2N3/c1-2-7-17-8-6-15-12(17)16-11-9(13)4-3-5-10(11)14/h2-6,8H,1,7H2,(H,15,16). The molecule has 17 heavy (non-hydrogen) atoms. The number of anilines is 2. The van der Waals surface area contributed by atoms with Crippen LogP contribution in [-0.4, -0.2) is 9.55 Å². The summed E-state index contributed by atoms with van der Waals surface area (Å²) in [7, 11) is 0. The molecule has 0 saturated carbocycles. The minimum atomic E-state index is 0.561. The summed E-state index contributed by atoms with van der Waals surface area (Å²) >= 11 is 12.1. The fourth-order valence-corrected chi connectivity index (χ4v) is 1.94. The summed E-state index contributed by atoms with van der Waals surface area (Å²) in [6.07, 6.45) is 5.35. The number of imidazole rings is 1. The highest BCUT2D eigenvalue weighted by Crippen LogP contribution is 2.31. The van der Waals surface area contributed by atoms with Gasteiger partial charge in [0, 0.05) is 18.9 Å². The second kappa shape index (κ2) is 5.25. The molecule has 2 rings (SSSR count). The van der Waals surface area contributed by atoms with Gasteiger partial charge in [-0.05, 0) is 12.1 Å². The summed E-state index contributed by atoms with van der Waals surface area (Å²) in [4.78, 5) is 4.20. The molecule has 88 valence electrons. The normalized spacial score (nSPS) is 10.2. The maximum Gasteiger partial charge on any atom is 0.207 e. The largest absolute Gasteiger partial charge is 0.323 e. The van der Waals surface area contributed by atoms with Crippen molar-refractivity contribution in [1.82, 2.24) is 9.55 Å².